The molecule has 4 nitrogen and oxygen atoms in total. The molecule has 1 aromatic rings. The molecule has 1 spiro atoms. The van der Waals surface area contributed by atoms with E-state index in [2.05, 4.69) is 4.90 Å². The second kappa shape index (κ2) is 8.51. The summed E-state index contributed by atoms with van der Waals surface area (Å²) in [4.78, 5) is 17.7. The molecule has 2 aliphatic heterocycles. The van der Waals surface area contributed by atoms with Gasteiger partial charge < -0.3 is 9.64 Å². The molecule has 3 fully saturated rings. The number of ether oxygens (including phenoxy) is 1. The zero-order valence-electron chi connectivity index (χ0n) is 16.6. The first-order chi connectivity index (χ1) is 13.5. The highest BCUT2D eigenvalue weighted by Crippen LogP contribution is 2.43. The fraction of sp³-hybridized carbons (Fsp3) is 0.682. The lowest BCUT2D eigenvalue weighted by molar-refractivity contribution is -0.136. The first kappa shape index (κ1) is 20.5. The largest absolute Gasteiger partial charge is 0.375 e. The quantitative estimate of drug-likeness (QED) is 0.709. The fourth-order valence-corrected chi connectivity index (χ4v) is 5.69. The third-order valence-electron chi connectivity index (χ3n) is 6.95. The van der Waals surface area contributed by atoms with Gasteiger partial charge in [-0.3, -0.25) is 9.69 Å². The van der Waals surface area contributed by atoms with Crippen molar-refractivity contribution in [3.05, 3.63) is 33.8 Å². The number of likely N-dealkylation sites (tertiary alicyclic amines) is 1. The Morgan fingerprint density at radius 1 is 1.21 bits per heavy atom. The molecule has 0 N–H and O–H groups in total. The summed E-state index contributed by atoms with van der Waals surface area (Å²) in [5, 5.41) is 1.03. The maximum atomic E-state index is 13.1. The Hall–Kier alpha value is -0.810. The predicted molar refractivity (Wildman–Crippen MR) is 113 cm³/mol. The van der Waals surface area contributed by atoms with Crippen LogP contribution in [-0.2, 0) is 16.0 Å². The summed E-state index contributed by atoms with van der Waals surface area (Å²) in [5.74, 6) is 0.149. The van der Waals surface area contributed by atoms with Gasteiger partial charge in [-0.25, -0.2) is 0 Å². The summed E-state index contributed by atoms with van der Waals surface area (Å²) < 4.78 is 6.22. The minimum atomic E-state index is 0.0529. The Morgan fingerprint density at radius 3 is 2.68 bits per heavy atom. The van der Waals surface area contributed by atoms with Crippen molar-refractivity contribution in [3.8, 4) is 0 Å². The van der Waals surface area contributed by atoms with Gasteiger partial charge in [-0.15, -0.1) is 0 Å². The average molecular weight is 425 g/mol. The molecule has 2 saturated heterocycles. The molecule has 1 aromatic carbocycles. The molecule has 28 heavy (non-hydrogen) atoms. The Bertz CT molecular complexity index is 714. The number of carbonyl (C=O) groups excluding carboxylic acids is 1. The highest BCUT2D eigenvalue weighted by molar-refractivity contribution is 6.42. The lowest BCUT2D eigenvalue weighted by Gasteiger charge is -2.48. The zero-order valence-corrected chi connectivity index (χ0v) is 18.1. The first-order valence-electron chi connectivity index (χ1n) is 10.6. The van der Waals surface area contributed by atoms with Crippen LogP contribution in [0.15, 0.2) is 18.2 Å². The molecular weight excluding hydrogens is 395 g/mol. The van der Waals surface area contributed by atoms with Gasteiger partial charge in [0.2, 0.25) is 5.91 Å². The lowest BCUT2D eigenvalue weighted by Crippen LogP contribution is -2.58. The molecule has 1 saturated carbocycles. The van der Waals surface area contributed by atoms with Gasteiger partial charge in [-0.2, -0.15) is 0 Å². The van der Waals surface area contributed by atoms with Crippen LogP contribution >= 0.6 is 23.2 Å². The third kappa shape index (κ3) is 4.21. The first-order valence-corrected chi connectivity index (χ1v) is 11.3. The second-order valence-corrected chi connectivity index (χ2v) is 9.50. The lowest BCUT2D eigenvalue weighted by atomic mass is 9.76. The van der Waals surface area contributed by atoms with Crippen LogP contribution in [0.25, 0.3) is 0 Å². The third-order valence-corrected chi connectivity index (χ3v) is 7.68. The second-order valence-electron chi connectivity index (χ2n) is 8.69. The van der Waals surface area contributed by atoms with Crippen molar-refractivity contribution < 1.29 is 9.53 Å². The normalized spacial score (nSPS) is 30.8. The molecule has 3 atom stereocenters. The van der Waals surface area contributed by atoms with Crippen LogP contribution in [0.3, 0.4) is 0 Å². The van der Waals surface area contributed by atoms with E-state index in [-0.39, 0.29) is 17.6 Å². The molecule has 0 radical (unpaired) electrons. The van der Waals surface area contributed by atoms with Crippen molar-refractivity contribution >= 4 is 29.1 Å². The van der Waals surface area contributed by atoms with Crippen molar-refractivity contribution in [2.45, 2.75) is 69.1 Å². The number of amides is 1. The molecule has 1 aliphatic carbocycles. The molecule has 3 aliphatic rings. The van der Waals surface area contributed by atoms with Crippen molar-refractivity contribution in [3.63, 3.8) is 0 Å². The summed E-state index contributed by atoms with van der Waals surface area (Å²) in [7, 11) is 1.97. The van der Waals surface area contributed by atoms with E-state index in [0.717, 1.165) is 44.5 Å². The van der Waals surface area contributed by atoms with E-state index in [9.17, 15) is 4.79 Å². The van der Waals surface area contributed by atoms with Crippen molar-refractivity contribution in [2.24, 2.45) is 0 Å². The van der Waals surface area contributed by atoms with Gasteiger partial charge in [0.25, 0.3) is 0 Å². The summed E-state index contributed by atoms with van der Waals surface area (Å²) >= 11 is 12.1. The molecule has 6 heteroatoms. The smallest absolute Gasteiger partial charge is 0.227 e. The summed E-state index contributed by atoms with van der Waals surface area (Å²) in [6, 6.07) is 6.11. The van der Waals surface area contributed by atoms with Crippen LogP contribution in [0.2, 0.25) is 10.0 Å². The topological polar surface area (TPSA) is 32.8 Å². The Balaban J connectivity index is 1.48. The highest BCUT2D eigenvalue weighted by Gasteiger charge is 2.47. The van der Waals surface area contributed by atoms with Crippen molar-refractivity contribution in [1.29, 1.82) is 0 Å². The monoisotopic (exact) mass is 424 g/mol. The number of benzene rings is 1. The van der Waals surface area contributed by atoms with Crippen LogP contribution in [0.4, 0.5) is 0 Å². The Kier molecular flexibility index (Phi) is 6.22. The molecule has 4 rings (SSSR count). The van der Waals surface area contributed by atoms with Crippen molar-refractivity contribution in [1.82, 2.24) is 9.80 Å². The molecule has 2 heterocycles. The highest BCUT2D eigenvalue weighted by atomic mass is 35.5. The molecular formula is C22H30Cl2N2O2. The predicted octanol–water partition coefficient (Wildman–Crippen LogP) is 4.56. The Morgan fingerprint density at radius 2 is 2.00 bits per heavy atom. The number of likely N-dealkylation sites (N-methyl/N-ethyl adjacent to an activating group) is 1. The number of hydrogen-bond donors (Lipinski definition) is 0. The molecule has 0 aromatic heterocycles. The fourth-order valence-electron chi connectivity index (χ4n) is 5.37. The summed E-state index contributed by atoms with van der Waals surface area (Å²) in [6.07, 6.45) is 8.36. The van der Waals surface area contributed by atoms with Crippen LogP contribution in [0, 0.1) is 0 Å². The number of hydrogen-bond acceptors (Lipinski definition) is 3. The Labute approximate surface area is 178 Å². The van der Waals surface area contributed by atoms with Gasteiger partial charge in [0.15, 0.2) is 0 Å². The van der Waals surface area contributed by atoms with Gasteiger partial charge in [0, 0.05) is 25.7 Å². The zero-order chi connectivity index (χ0) is 19.7. The van der Waals surface area contributed by atoms with E-state index in [0.29, 0.717) is 22.5 Å². The van der Waals surface area contributed by atoms with Crippen LogP contribution in [0.1, 0.15) is 50.5 Å². The number of rotatable bonds is 4. The molecule has 0 bridgehead atoms. The maximum Gasteiger partial charge on any atom is 0.227 e. The van der Waals surface area contributed by atoms with Gasteiger partial charge in [0.05, 0.1) is 22.1 Å². The van der Waals surface area contributed by atoms with Gasteiger partial charge >= 0.3 is 0 Å². The van der Waals surface area contributed by atoms with Crippen LogP contribution in [-0.4, -0.2) is 60.1 Å². The van der Waals surface area contributed by atoms with Gasteiger partial charge in [0.1, 0.15) is 0 Å². The molecule has 0 unspecified atom stereocenters. The maximum absolute atomic E-state index is 13.1. The minimum absolute atomic E-state index is 0.0529. The number of halogens is 2. The van der Waals surface area contributed by atoms with E-state index < -0.39 is 0 Å². The van der Waals surface area contributed by atoms with E-state index >= 15 is 0 Å². The van der Waals surface area contributed by atoms with E-state index in [1.54, 1.807) is 12.1 Å². The summed E-state index contributed by atoms with van der Waals surface area (Å²) in [5.41, 5.74) is 0.965. The van der Waals surface area contributed by atoms with E-state index in [1.807, 2.05) is 18.0 Å². The van der Waals surface area contributed by atoms with E-state index in [1.165, 1.54) is 25.7 Å². The SMILES string of the molecule is CN(C(=O)Cc1ccc(Cl)c(Cl)c1)[C@H]1CC[C@@]2(CCCO2)C[C@@H]1N1CCCC1. The summed E-state index contributed by atoms with van der Waals surface area (Å²) in [6.45, 7) is 3.18. The molecule has 154 valence electrons. The van der Waals surface area contributed by atoms with Gasteiger partial charge in [-0.1, -0.05) is 29.3 Å². The van der Waals surface area contributed by atoms with E-state index in [4.69, 9.17) is 27.9 Å². The van der Waals surface area contributed by atoms with Crippen LogP contribution in [0.5, 0.6) is 0 Å². The van der Waals surface area contributed by atoms with Crippen LogP contribution < -0.4 is 0 Å². The molecule has 1 amide bonds. The van der Waals surface area contributed by atoms with Crippen molar-refractivity contribution in [2.75, 3.05) is 26.7 Å². The number of nitrogens with zero attached hydrogens (tertiary/aromatic N) is 2. The average Bonchev–Trinajstić information content (AvgIpc) is 3.37. The standard InChI is InChI=1S/C22H30Cl2N2O2/c1-25(21(27)14-16-5-6-17(23)18(24)13-16)19-7-9-22(8-4-12-28-22)15-20(19)26-10-2-3-11-26/h5-6,13,19-20H,2-4,7-12,14-15H2,1H3/t19-,20-,22-/m0/s1. The minimum Gasteiger partial charge on any atom is -0.375 e. The van der Waals surface area contributed by atoms with Gasteiger partial charge in [-0.05, 0) is 75.7 Å². The number of carbonyl (C=O) groups is 1.